The first kappa shape index (κ1) is 14.7. The van der Waals surface area contributed by atoms with Gasteiger partial charge in [-0.25, -0.2) is 4.68 Å². The molecule has 1 aliphatic carbocycles. The van der Waals surface area contributed by atoms with Gasteiger partial charge in [-0.15, -0.1) is 0 Å². The van der Waals surface area contributed by atoms with E-state index in [-0.39, 0.29) is 12.1 Å². The predicted molar refractivity (Wildman–Crippen MR) is 83.2 cm³/mol. The van der Waals surface area contributed by atoms with Gasteiger partial charge in [0.05, 0.1) is 0 Å². The van der Waals surface area contributed by atoms with Gasteiger partial charge in [0.25, 0.3) is 5.95 Å². The van der Waals surface area contributed by atoms with E-state index in [1.54, 1.807) is 17.1 Å². The third-order valence-corrected chi connectivity index (χ3v) is 3.55. The average molecular weight is 302 g/mol. The van der Waals surface area contributed by atoms with E-state index in [1.807, 2.05) is 19.9 Å². The quantitative estimate of drug-likeness (QED) is 0.914. The second-order valence-electron chi connectivity index (χ2n) is 5.87. The Morgan fingerprint density at radius 1 is 1.18 bits per heavy atom. The van der Waals surface area contributed by atoms with Crippen molar-refractivity contribution >= 4 is 5.95 Å². The first-order chi connectivity index (χ1) is 10.7. The molecule has 118 valence electrons. The Bertz CT molecular complexity index is 592. The van der Waals surface area contributed by atoms with Crippen molar-refractivity contribution in [3.8, 4) is 12.0 Å². The Morgan fingerprint density at radius 2 is 2.00 bits per heavy atom. The Hall–Kier alpha value is -2.18. The fourth-order valence-electron chi connectivity index (χ4n) is 2.54. The number of hydrogen-bond donors (Lipinski definition) is 1. The second kappa shape index (κ2) is 6.72. The molecule has 0 radical (unpaired) electrons. The number of nitrogens with one attached hydrogen (secondary N) is 1. The van der Waals surface area contributed by atoms with Crippen LogP contribution in [0.2, 0.25) is 0 Å². The molecule has 0 bridgehead atoms. The summed E-state index contributed by atoms with van der Waals surface area (Å²) < 4.78 is 7.58. The molecule has 7 heteroatoms. The first-order valence-corrected chi connectivity index (χ1v) is 7.90. The van der Waals surface area contributed by atoms with Gasteiger partial charge in [0.1, 0.15) is 6.10 Å². The van der Waals surface area contributed by atoms with Crippen LogP contribution < -0.4 is 10.1 Å². The van der Waals surface area contributed by atoms with Crippen LogP contribution in [0.3, 0.4) is 0 Å². The van der Waals surface area contributed by atoms with Gasteiger partial charge in [0.2, 0.25) is 5.95 Å². The number of hydrogen-bond acceptors (Lipinski definition) is 6. The lowest BCUT2D eigenvalue weighted by Gasteiger charge is -2.22. The second-order valence-corrected chi connectivity index (χ2v) is 5.87. The molecule has 0 unspecified atom stereocenters. The van der Waals surface area contributed by atoms with E-state index in [0.717, 1.165) is 12.8 Å². The van der Waals surface area contributed by atoms with Crippen LogP contribution in [-0.2, 0) is 0 Å². The van der Waals surface area contributed by atoms with E-state index < -0.39 is 0 Å². The van der Waals surface area contributed by atoms with Gasteiger partial charge in [-0.3, -0.25) is 0 Å². The van der Waals surface area contributed by atoms with Crippen LogP contribution in [-0.4, -0.2) is 36.9 Å². The van der Waals surface area contributed by atoms with Gasteiger partial charge in [-0.1, -0.05) is 6.42 Å². The minimum Gasteiger partial charge on any atom is -0.460 e. The molecule has 3 rings (SSSR count). The molecule has 2 aromatic rings. The lowest BCUT2D eigenvalue weighted by molar-refractivity contribution is 0.141. The Labute approximate surface area is 130 Å². The maximum absolute atomic E-state index is 5.97. The molecule has 1 fully saturated rings. The standard InChI is InChI=1S/C15H22N6O/c1-11(2)17-13-18-14(21-10-6-9-16-21)20-15(19-13)22-12-7-4-3-5-8-12/h6,9-12H,3-5,7-8H2,1-2H3,(H,17,18,19,20). The van der Waals surface area contributed by atoms with E-state index in [9.17, 15) is 0 Å². The van der Waals surface area contributed by atoms with Crippen LogP contribution >= 0.6 is 0 Å². The van der Waals surface area contributed by atoms with Crippen molar-refractivity contribution in [2.45, 2.75) is 58.1 Å². The summed E-state index contributed by atoms with van der Waals surface area (Å²) in [6.45, 7) is 4.08. The lowest BCUT2D eigenvalue weighted by Crippen LogP contribution is -2.22. The van der Waals surface area contributed by atoms with Crippen molar-refractivity contribution in [1.29, 1.82) is 0 Å². The van der Waals surface area contributed by atoms with Crippen molar-refractivity contribution in [3.63, 3.8) is 0 Å². The number of ether oxygens (including phenoxy) is 1. The maximum atomic E-state index is 5.97. The zero-order valence-corrected chi connectivity index (χ0v) is 13.1. The molecular weight excluding hydrogens is 280 g/mol. The summed E-state index contributed by atoms with van der Waals surface area (Å²) in [5.41, 5.74) is 0. The summed E-state index contributed by atoms with van der Waals surface area (Å²) in [7, 11) is 0. The monoisotopic (exact) mass is 302 g/mol. The topological polar surface area (TPSA) is 77.8 Å². The molecule has 0 saturated heterocycles. The van der Waals surface area contributed by atoms with E-state index >= 15 is 0 Å². The van der Waals surface area contributed by atoms with Crippen LogP contribution in [0.1, 0.15) is 46.0 Å². The molecule has 22 heavy (non-hydrogen) atoms. The van der Waals surface area contributed by atoms with Gasteiger partial charge < -0.3 is 10.1 Å². The highest BCUT2D eigenvalue weighted by Crippen LogP contribution is 2.22. The fourth-order valence-corrected chi connectivity index (χ4v) is 2.54. The van der Waals surface area contributed by atoms with Gasteiger partial charge in [-0.2, -0.15) is 20.1 Å². The summed E-state index contributed by atoms with van der Waals surface area (Å²) in [6, 6.07) is 2.44. The van der Waals surface area contributed by atoms with Crippen LogP contribution in [0.4, 0.5) is 5.95 Å². The molecule has 1 N–H and O–H groups in total. The van der Waals surface area contributed by atoms with Crippen LogP contribution in [0.5, 0.6) is 6.01 Å². The number of rotatable bonds is 5. The van der Waals surface area contributed by atoms with Crippen molar-refractivity contribution in [2.75, 3.05) is 5.32 Å². The van der Waals surface area contributed by atoms with Crippen molar-refractivity contribution < 1.29 is 4.74 Å². The molecule has 2 heterocycles. The smallest absolute Gasteiger partial charge is 0.323 e. The first-order valence-electron chi connectivity index (χ1n) is 7.90. The number of anilines is 1. The van der Waals surface area contributed by atoms with Crippen LogP contribution in [0, 0.1) is 0 Å². The number of nitrogens with zero attached hydrogens (tertiary/aromatic N) is 5. The predicted octanol–water partition coefficient (Wildman–Crippen LogP) is 2.59. The molecule has 0 amide bonds. The summed E-state index contributed by atoms with van der Waals surface area (Å²) >= 11 is 0. The number of aromatic nitrogens is 5. The largest absolute Gasteiger partial charge is 0.460 e. The Balaban J connectivity index is 1.85. The van der Waals surface area contributed by atoms with Gasteiger partial charge in [-0.05, 0) is 45.6 Å². The zero-order chi connectivity index (χ0) is 15.4. The zero-order valence-electron chi connectivity index (χ0n) is 13.1. The van der Waals surface area contributed by atoms with Crippen molar-refractivity contribution in [1.82, 2.24) is 24.7 Å². The summed E-state index contributed by atoms with van der Waals surface area (Å²) in [6.07, 6.45) is 9.53. The average Bonchev–Trinajstić information content (AvgIpc) is 3.01. The molecule has 0 aliphatic heterocycles. The highest BCUT2D eigenvalue weighted by molar-refractivity contribution is 5.30. The highest BCUT2D eigenvalue weighted by atomic mass is 16.5. The fraction of sp³-hybridized carbons (Fsp3) is 0.600. The molecule has 1 aliphatic rings. The third-order valence-electron chi connectivity index (χ3n) is 3.55. The third kappa shape index (κ3) is 3.72. The van der Waals surface area contributed by atoms with Gasteiger partial charge in [0.15, 0.2) is 0 Å². The van der Waals surface area contributed by atoms with E-state index in [4.69, 9.17) is 4.74 Å². The Kier molecular flexibility index (Phi) is 4.50. The molecule has 0 spiro atoms. The summed E-state index contributed by atoms with van der Waals surface area (Å²) in [5.74, 6) is 0.982. The molecule has 0 aromatic carbocycles. The normalized spacial score (nSPS) is 16.0. The SMILES string of the molecule is CC(C)Nc1nc(OC2CCCCC2)nc(-n2cccn2)n1. The van der Waals surface area contributed by atoms with Gasteiger partial charge >= 0.3 is 6.01 Å². The summed E-state index contributed by atoms with van der Waals surface area (Å²) in [5, 5.41) is 7.38. The van der Waals surface area contributed by atoms with E-state index in [1.165, 1.54) is 19.3 Å². The van der Waals surface area contributed by atoms with Gasteiger partial charge in [0, 0.05) is 18.4 Å². The molecule has 2 aromatic heterocycles. The van der Waals surface area contributed by atoms with Crippen molar-refractivity contribution in [2.24, 2.45) is 0 Å². The van der Waals surface area contributed by atoms with Crippen molar-refractivity contribution in [3.05, 3.63) is 18.5 Å². The minimum absolute atomic E-state index is 0.202. The van der Waals surface area contributed by atoms with Crippen LogP contribution in [0.25, 0.3) is 5.95 Å². The van der Waals surface area contributed by atoms with E-state index in [2.05, 4.69) is 25.4 Å². The maximum Gasteiger partial charge on any atom is 0.323 e. The molecular formula is C15H22N6O. The minimum atomic E-state index is 0.202. The molecule has 1 saturated carbocycles. The molecule has 0 atom stereocenters. The van der Waals surface area contributed by atoms with Crippen LogP contribution in [0.15, 0.2) is 18.5 Å². The highest BCUT2D eigenvalue weighted by Gasteiger charge is 2.18. The Morgan fingerprint density at radius 3 is 2.68 bits per heavy atom. The lowest BCUT2D eigenvalue weighted by atomic mass is 9.98. The molecule has 7 nitrogen and oxygen atoms in total. The van der Waals surface area contributed by atoms with E-state index in [0.29, 0.717) is 17.9 Å². The summed E-state index contributed by atoms with van der Waals surface area (Å²) in [4.78, 5) is 13.2.